The van der Waals surface area contributed by atoms with E-state index in [1.807, 2.05) is 0 Å². The fourth-order valence-corrected chi connectivity index (χ4v) is 1.57. The van der Waals surface area contributed by atoms with Gasteiger partial charge in [0.05, 0.1) is 16.5 Å². The SMILES string of the molecule is CCOC(=O)C1(C)CC1([N+](=O)[O-])[N+](=O)[O-]. The highest BCUT2D eigenvalue weighted by Gasteiger charge is 2.91. The fraction of sp³-hybridized carbons (Fsp3) is 0.857. The first-order valence-electron chi connectivity index (χ1n) is 4.29. The van der Waals surface area contributed by atoms with Crippen molar-refractivity contribution in [2.45, 2.75) is 25.9 Å². The maximum Gasteiger partial charge on any atom is 0.476 e. The highest BCUT2D eigenvalue weighted by molar-refractivity contribution is 5.81. The molecule has 0 heterocycles. The van der Waals surface area contributed by atoms with Gasteiger partial charge in [0.25, 0.3) is 0 Å². The van der Waals surface area contributed by atoms with E-state index in [1.54, 1.807) is 0 Å². The van der Waals surface area contributed by atoms with Crippen LogP contribution >= 0.6 is 0 Å². The maximum atomic E-state index is 11.3. The lowest BCUT2D eigenvalue weighted by molar-refractivity contribution is -0.769. The molecule has 0 aliphatic heterocycles. The quantitative estimate of drug-likeness (QED) is 0.288. The molecule has 1 aliphatic carbocycles. The summed E-state index contributed by atoms with van der Waals surface area (Å²) in [4.78, 5) is 30.5. The van der Waals surface area contributed by atoms with E-state index in [9.17, 15) is 25.0 Å². The summed E-state index contributed by atoms with van der Waals surface area (Å²) in [6, 6.07) is 0. The average molecular weight is 218 g/mol. The van der Waals surface area contributed by atoms with Crippen LogP contribution < -0.4 is 0 Å². The van der Waals surface area contributed by atoms with Gasteiger partial charge in [-0.15, -0.1) is 0 Å². The first kappa shape index (κ1) is 11.3. The van der Waals surface area contributed by atoms with Gasteiger partial charge in [0.1, 0.15) is 6.42 Å². The predicted molar refractivity (Wildman–Crippen MR) is 46.1 cm³/mol. The van der Waals surface area contributed by atoms with Crippen molar-refractivity contribution in [3.05, 3.63) is 20.2 Å². The summed E-state index contributed by atoms with van der Waals surface area (Å²) in [5.74, 6) is -0.890. The zero-order chi connectivity index (χ0) is 11.9. The second-order valence-electron chi connectivity index (χ2n) is 3.56. The van der Waals surface area contributed by atoms with Crippen molar-refractivity contribution in [1.29, 1.82) is 0 Å². The van der Waals surface area contributed by atoms with E-state index in [2.05, 4.69) is 4.74 Å². The number of hydrogen-bond donors (Lipinski definition) is 0. The van der Waals surface area contributed by atoms with Gasteiger partial charge in [0.15, 0.2) is 0 Å². The minimum absolute atomic E-state index is 0.0416. The van der Waals surface area contributed by atoms with E-state index in [0.717, 1.165) is 0 Å². The van der Waals surface area contributed by atoms with Crippen LogP contribution in [0.15, 0.2) is 0 Å². The largest absolute Gasteiger partial charge is 0.476 e. The molecule has 1 fully saturated rings. The zero-order valence-corrected chi connectivity index (χ0v) is 8.26. The van der Waals surface area contributed by atoms with Crippen molar-refractivity contribution < 1.29 is 19.4 Å². The predicted octanol–water partition coefficient (Wildman–Crippen LogP) is 0.209. The van der Waals surface area contributed by atoms with Gasteiger partial charge >= 0.3 is 11.6 Å². The molecule has 0 amide bonds. The maximum absolute atomic E-state index is 11.3. The van der Waals surface area contributed by atoms with Gasteiger partial charge in [-0.2, -0.15) is 0 Å². The first-order valence-corrected chi connectivity index (χ1v) is 4.29. The molecule has 0 bridgehead atoms. The molecule has 0 aromatic heterocycles. The minimum Gasteiger partial charge on any atom is -0.465 e. The lowest BCUT2D eigenvalue weighted by atomic mass is 10.1. The first-order chi connectivity index (χ1) is 6.83. The van der Waals surface area contributed by atoms with E-state index >= 15 is 0 Å². The van der Waals surface area contributed by atoms with Crippen molar-refractivity contribution in [2.75, 3.05) is 6.61 Å². The Kier molecular flexibility index (Phi) is 2.38. The van der Waals surface area contributed by atoms with Crippen molar-refractivity contribution >= 4 is 5.97 Å². The molecule has 8 heteroatoms. The summed E-state index contributed by atoms with van der Waals surface area (Å²) in [5, 5.41) is 21.2. The summed E-state index contributed by atoms with van der Waals surface area (Å²) in [7, 11) is 0. The lowest BCUT2D eigenvalue weighted by Gasteiger charge is -2.08. The molecule has 8 nitrogen and oxygen atoms in total. The van der Waals surface area contributed by atoms with Gasteiger partial charge in [-0.25, -0.2) is 0 Å². The second-order valence-corrected chi connectivity index (χ2v) is 3.56. The van der Waals surface area contributed by atoms with Gasteiger partial charge in [-0.3, -0.25) is 25.0 Å². The number of esters is 1. The Bertz CT molecular complexity index is 326. The van der Waals surface area contributed by atoms with Crippen molar-refractivity contribution in [3.63, 3.8) is 0 Å². The molecule has 84 valence electrons. The van der Waals surface area contributed by atoms with E-state index in [1.165, 1.54) is 13.8 Å². The summed E-state index contributed by atoms with van der Waals surface area (Å²) in [5.41, 5.74) is -4.05. The standard InChI is InChI=1S/C7H10N2O6/c1-3-15-5(10)6(2)4-7(6,8(11)12)9(13)14/h3-4H2,1-2H3. The van der Waals surface area contributed by atoms with Gasteiger partial charge in [-0.1, -0.05) is 0 Å². The number of ether oxygens (including phenoxy) is 1. The molecule has 0 aromatic carbocycles. The van der Waals surface area contributed by atoms with Crippen LogP contribution in [0.3, 0.4) is 0 Å². The third-order valence-electron chi connectivity index (χ3n) is 2.69. The van der Waals surface area contributed by atoms with Crippen LogP contribution in [0.1, 0.15) is 20.3 Å². The smallest absolute Gasteiger partial charge is 0.465 e. The number of hydrogen-bond acceptors (Lipinski definition) is 6. The normalized spacial score (nSPS) is 26.8. The Balaban J connectivity index is 2.98. The van der Waals surface area contributed by atoms with E-state index in [4.69, 9.17) is 0 Å². The van der Waals surface area contributed by atoms with E-state index in [-0.39, 0.29) is 6.61 Å². The zero-order valence-electron chi connectivity index (χ0n) is 8.26. The van der Waals surface area contributed by atoms with E-state index < -0.39 is 33.3 Å². The molecular weight excluding hydrogens is 208 g/mol. The molecule has 0 spiro atoms. The topological polar surface area (TPSA) is 113 Å². The Morgan fingerprint density at radius 2 is 1.87 bits per heavy atom. The van der Waals surface area contributed by atoms with Gasteiger partial charge in [-0.05, 0) is 13.8 Å². The highest BCUT2D eigenvalue weighted by atomic mass is 16.7. The molecule has 1 aliphatic rings. The molecule has 1 unspecified atom stereocenters. The van der Waals surface area contributed by atoms with Gasteiger partial charge < -0.3 is 4.74 Å². The van der Waals surface area contributed by atoms with Crippen molar-refractivity contribution in [2.24, 2.45) is 5.41 Å². The molecule has 1 saturated carbocycles. The summed E-state index contributed by atoms with van der Waals surface area (Å²) < 4.78 is 4.58. The Labute approximate surface area is 84.5 Å². The van der Waals surface area contributed by atoms with Crippen molar-refractivity contribution in [3.8, 4) is 0 Å². The number of nitrogens with zero attached hydrogens (tertiary/aromatic N) is 2. The van der Waals surface area contributed by atoms with Crippen LogP contribution in [-0.4, -0.2) is 28.1 Å². The molecule has 15 heavy (non-hydrogen) atoms. The third kappa shape index (κ3) is 1.24. The van der Waals surface area contributed by atoms with Gasteiger partial charge in [0, 0.05) is 0 Å². The van der Waals surface area contributed by atoms with Crippen LogP contribution in [0.4, 0.5) is 0 Å². The summed E-state index contributed by atoms with van der Waals surface area (Å²) in [6.07, 6.45) is -0.418. The van der Waals surface area contributed by atoms with Gasteiger partial charge in [0.2, 0.25) is 5.41 Å². The molecule has 0 radical (unpaired) electrons. The third-order valence-corrected chi connectivity index (χ3v) is 2.69. The van der Waals surface area contributed by atoms with Crippen LogP contribution in [0.25, 0.3) is 0 Å². The molecular formula is C7H10N2O6. The van der Waals surface area contributed by atoms with Crippen molar-refractivity contribution in [1.82, 2.24) is 0 Å². The minimum atomic E-state index is -2.40. The number of nitro groups is 2. The monoisotopic (exact) mass is 218 g/mol. The Morgan fingerprint density at radius 1 is 1.40 bits per heavy atom. The average Bonchev–Trinajstić information content (AvgIpc) is 2.76. The molecule has 0 N–H and O–H groups in total. The van der Waals surface area contributed by atoms with Crippen LogP contribution in [0.5, 0.6) is 0 Å². The highest BCUT2D eigenvalue weighted by Crippen LogP contribution is 2.59. The molecule has 0 saturated heterocycles. The van der Waals surface area contributed by atoms with Crippen LogP contribution in [0, 0.1) is 25.6 Å². The van der Waals surface area contributed by atoms with Crippen LogP contribution in [0.2, 0.25) is 0 Å². The fourth-order valence-electron chi connectivity index (χ4n) is 1.57. The Morgan fingerprint density at radius 3 is 2.13 bits per heavy atom. The summed E-state index contributed by atoms with van der Waals surface area (Å²) in [6.45, 7) is 2.75. The number of carbonyl (C=O) groups is 1. The molecule has 0 aromatic rings. The summed E-state index contributed by atoms with van der Waals surface area (Å²) >= 11 is 0. The lowest BCUT2D eigenvalue weighted by Crippen LogP contribution is -2.40. The Hall–Kier alpha value is -1.73. The van der Waals surface area contributed by atoms with Crippen LogP contribution in [-0.2, 0) is 9.53 Å². The molecule has 1 atom stereocenters. The molecule has 1 rings (SSSR count). The number of rotatable bonds is 4. The van der Waals surface area contributed by atoms with E-state index in [0.29, 0.717) is 0 Å². The number of carbonyl (C=O) groups excluding carboxylic acids is 1. The second kappa shape index (κ2) is 3.14.